The summed E-state index contributed by atoms with van der Waals surface area (Å²) in [5.41, 5.74) is 3.46. The molecule has 0 saturated carbocycles. The highest BCUT2D eigenvalue weighted by atomic mass is 35.5. The average molecular weight is 299 g/mol. The van der Waals surface area contributed by atoms with Crippen LogP contribution in [0.1, 0.15) is 25.2 Å². The zero-order valence-electron chi connectivity index (χ0n) is 12.4. The minimum atomic E-state index is 0.583. The van der Waals surface area contributed by atoms with Gasteiger partial charge in [-0.15, -0.1) is 0 Å². The summed E-state index contributed by atoms with van der Waals surface area (Å²) in [4.78, 5) is 4.80. The van der Waals surface area contributed by atoms with Gasteiger partial charge in [0.25, 0.3) is 0 Å². The van der Waals surface area contributed by atoms with Crippen molar-refractivity contribution in [2.75, 3.05) is 0 Å². The second-order valence-electron chi connectivity index (χ2n) is 5.83. The van der Waals surface area contributed by atoms with Gasteiger partial charge in [-0.2, -0.15) is 0 Å². The van der Waals surface area contributed by atoms with Crippen LogP contribution in [0.2, 0.25) is 5.02 Å². The van der Waals surface area contributed by atoms with Gasteiger partial charge in [0.1, 0.15) is 5.82 Å². The number of hydrogen-bond donors (Lipinski definition) is 0. The maximum atomic E-state index is 6.10. The van der Waals surface area contributed by atoms with Crippen molar-refractivity contribution < 1.29 is 0 Å². The van der Waals surface area contributed by atoms with E-state index in [0.717, 1.165) is 29.3 Å². The second kappa shape index (κ2) is 5.90. The van der Waals surface area contributed by atoms with E-state index in [2.05, 4.69) is 42.7 Å². The SMILES string of the molecule is CC(C)Cc1nc2ccccc2n1Cc1cccc(Cl)c1. The molecule has 0 aliphatic rings. The molecule has 1 heterocycles. The summed E-state index contributed by atoms with van der Waals surface area (Å²) in [6, 6.07) is 16.4. The van der Waals surface area contributed by atoms with E-state index in [9.17, 15) is 0 Å². The van der Waals surface area contributed by atoms with Gasteiger partial charge < -0.3 is 4.57 Å². The van der Waals surface area contributed by atoms with Gasteiger partial charge >= 0.3 is 0 Å². The fourth-order valence-electron chi connectivity index (χ4n) is 2.64. The Morgan fingerprint density at radius 3 is 2.67 bits per heavy atom. The molecule has 3 heteroatoms. The molecule has 108 valence electrons. The Hall–Kier alpha value is -1.80. The molecule has 3 aromatic rings. The van der Waals surface area contributed by atoms with Crippen LogP contribution in [-0.4, -0.2) is 9.55 Å². The van der Waals surface area contributed by atoms with Gasteiger partial charge in [-0.05, 0) is 35.7 Å². The van der Waals surface area contributed by atoms with E-state index in [1.807, 2.05) is 24.3 Å². The molecule has 1 aromatic heterocycles. The molecular weight excluding hydrogens is 280 g/mol. The lowest BCUT2D eigenvalue weighted by Gasteiger charge is -2.11. The number of benzene rings is 2. The Kier molecular flexibility index (Phi) is 3.98. The first-order chi connectivity index (χ1) is 10.1. The van der Waals surface area contributed by atoms with Crippen LogP contribution in [0.5, 0.6) is 0 Å². The highest BCUT2D eigenvalue weighted by Crippen LogP contribution is 2.21. The fraction of sp³-hybridized carbons (Fsp3) is 0.278. The van der Waals surface area contributed by atoms with Gasteiger partial charge in [-0.25, -0.2) is 4.98 Å². The Morgan fingerprint density at radius 2 is 1.90 bits per heavy atom. The predicted octanol–water partition coefficient (Wildman–Crippen LogP) is 4.94. The van der Waals surface area contributed by atoms with E-state index in [4.69, 9.17) is 16.6 Å². The molecule has 0 bridgehead atoms. The Bertz CT molecular complexity index is 759. The van der Waals surface area contributed by atoms with Crippen LogP contribution < -0.4 is 0 Å². The molecule has 3 rings (SSSR count). The summed E-state index contributed by atoms with van der Waals surface area (Å²) >= 11 is 6.10. The predicted molar refractivity (Wildman–Crippen MR) is 88.8 cm³/mol. The van der Waals surface area contributed by atoms with Crippen LogP contribution in [0.25, 0.3) is 11.0 Å². The van der Waals surface area contributed by atoms with Gasteiger partial charge in [0, 0.05) is 18.0 Å². The van der Waals surface area contributed by atoms with E-state index in [1.54, 1.807) is 0 Å². The Labute approximate surface area is 130 Å². The van der Waals surface area contributed by atoms with E-state index in [-0.39, 0.29) is 0 Å². The average Bonchev–Trinajstić information content (AvgIpc) is 2.76. The maximum Gasteiger partial charge on any atom is 0.110 e. The van der Waals surface area contributed by atoms with Gasteiger partial charge in [0.2, 0.25) is 0 Å². The van der Waals surface area contributed by atoms with E-state index in [1.165, 1.54) is 11.1 Å². The summed E-state index contributed by atoms with van der Waals surface area (Å²) in [7, 11) is 0. The molecule has 21 heavy (non-hydrogen) atoms. The monoisotopic (exact) mass is 298 g/mol. The van der Waals surface area contributed by atoms with Crippen molar-refractivity contribution in [3.05, 3.63) is 64.9 Å². The van der Waals surface area contributed by atoms with Gasteiger partial charge in [-0.1, -0.05) is 49.7 Å². The smallest absolute Gasteiger partial charge is 0.110 e. The zero-order chi connectivity index (χ0) is 14.8. The third-order valence-electron chi connectivity index (χ3n) is 3.55. The number of fused-ring (bicyclic) bond motifs is 1. The Morgan fingerprint density at radius 1 is 1.10 bits per heavy atom. The summed E-state index contributed by atoms with van der Waals surface area (Å²) in [6.07, 6.45) is 0.981. The standard InChI is InChI=1S/C18H19ClN2/c1-13(2)10-18-20-16-8-3-4-9-17(16)21(18)12-14-6-5-7-15(19)11-14/h3-9,11,13H,10,12H2,1-2H3. The van der Waals surface area contributed by atoms with Crippen LogP contribution in [0.4, 0.5) is 0 Å². The number of imidazole rings is 1. The van der Waals surface area contributed by atoms with Crippen molar-refractivity contribution in [1.29, 1.82) is 0 Å². The van der Waals surface area contributed by atoms with Crippen LogP contribution in [0.15, 0.2) is 48.5 Å². The molecule has 0 fully saturated rings. The number of rotatable bonds is 4. The van der Waals surface area contributed by atoms with Gasteiger partial charge in [0.15, 0.2) is 0 Å². The molecule has 2 aromatic carbocycles. The fourth-order valence-corrected chi connectivity index (χ4v) is 2.85. The number of para-hydroxylation sites is 2. The molecule has 0 saturated heterocycles. The van der Waals surface area contributed by atoms with Crippen molar-refractivity contribution in [2.24, 2.45) is 5.92 Å². The summed E-state index contributed by atoms with van der Waals surface area (Å²) in [5.74, 6) is 1.73. The molecule has 0 spiro atoms. The number of aromatic nitrogens is 2. The second-order valence-corrected chi connectivity index (χ2v) is 6.27. The molecular formula is C18H19ClN2. The topological polar surface area (TPSA) is 17.8 Å². The minimum Gasteiger partial charge on any atom is -0.323 e. The molecule has 0 unspecified atom stereocenters. The van der Waals surface area contributed by atoms with Crippen LogP contribution in [0.3, 0.4) is 0 Å². The lowest BCUT2D eigenvalue weighted by Crippen LogP contribution is -2.08. The molecule has 0 aliphatic carbocycles. The van der Waals surface area contributed by atoms with Crippen molar-refractivity contribution in [1.82, 2.24) is 9.55 Å². The zero-order valence-corrected chi connectivity index (χ0v) is 13.1. The highest BCUT2D eigenvalue weighted by molar-refractivity contribution is 6.30. The first kappa shape index (κ1) is 14.2. The summed E-state index contributed by atoms with van der Waals surface area (Å²) in [6.45, 7) is 5.26. The number of halogens is 1. The maximum absolute atomic E-state index is 6.10. The van der Waals surface area contributed by atoms with Gasteiger partial charge in [0.05, 0.1) is 11.0 Å². The first-order valence-electron chi connectivity index (χ1n) is 7.32. The number of nitrogens with zero attached hydrogens (tertiary/aromatic N) is 2. The molecule has 0 amide bonds. The third-order valence-corrected chi connectivity index (χ3v) is 3.79. The van der Waals surface area contributed by atoms with Crippen LogP contribution in [0, 0.1) is 5.92 Å². The van der Waals surface area contributed by atoms with Crippen molar-refractivity contribution in [2.45, 2.75) is 26.8 Å². The van der Waals surface area contributed by atoms with Crippen molar-refractivity contribution >= 4 is 22.6 Å². The number of hydrogen-bond acceptors (Lipinski definition) is 1. The van der Waals surface area contributed by atoms with Crippen LogP contribution in [-0.2, 0) is 13.0 Å². The molecule has 0 aliphatic heterocycles. The molecule has 0 atom stereocenters. The quantitative estimate of drug-likeness (QED) is 0.667. The van der Waals surface area contributed by atoms with E-state index < -0.39 is 0 Å². The highest BCUT2D eigenvalue weighted by Gasteiger charge is 2.12. The molecule has 0 radical (unpaired) electrons. The van der Waals surface area contributed by atoms with Gasteiger partial charge in [-0.3, -0.25) is 0 Å². The molecule has 2 nitrogen and oxygen atoms in total. The summed E-state index contributed by atoms with van der Waals surface area (Å²) < 4.78 is 2.31. The van der Waals surface area contributed by atoms with E-state index >= 15 is 0 Å². The lowest BCUT2D eigenvalue weighted by atomic mass is 10.1. The van der Waals surface area contributed by atoms with Crippen LogP contribution >= 0.6 is 11.6 Å². The Balaban J connectivity index is 2.06. The lowest BCUT2D eigenvalue weighted by molar-refractivity contribution is 0.595. The van der Waals surface area contributed by atoms with E-state index in [0.29, 0.717) is 5.92 Å². The third kappa shape index (κ3) is 3.11. The first-order valence-corrected chi connectivity index (χ1v) is 7.70. The largest absolute Gasteiger partial charge is 0.323 e. The minimum absolute atomic E-state index is 0.583. The normalized spacial score (nSPS) is 11.4. The summed E-state index contributed by atoms with van der Waals surface area (Å²) in [5, 5.41) is 0.780. The van der Waals surface area contributed by atoms with Crippen molar-refractivity contribution in [3.8, 4) is 0 Å². The van der Waals surface area contributed by atoms with Crippen molar-refractivity contribution in [3.63, 3.8) is 0 Å². The molecule has 0 N–H and O–H groups in total.